The van der Waals surface area contributed by atoms with Gasteiger partial charge in [-0.25, -0.2) is 17.8 Å². The zero-order valence-corrected chi connectivity index (χ0v) is 18.3. The summed E-state index contributed by atoms with van der Waals surface area (Å²) in [4.78, 5) is 26.9. The van der Waals surface area contributed by atoms with Gasteiger partial charge >= 0.3 is 0 Å². The summed E-state index contributed by atoms with van der Waals surface area (Å²) in [6, 6.07) is 10.6. The molecule has 1 N–H and O–H groups in total. The van der Waals surface area contributed by atoms with Crippen LogP contribution in [-0.2, 0) is 14.6 Å². The molecular weight excluding hydrogens is 465 g/mol. The van der Waals surface area contributed by atoms with Crippen molar-refractivity contribution in [3.63, 3.8) is 0 Å². The van der Waals surface area contributed by atoms with Gasteiger partial charge in [-0.15, -0.1) is 11.8 Å². The Labute approximate surface area is 185 Å². The molecule has 1 heterocycles. The number of amides is 1. The summed E-state index contributed by atoms with van der Waals surface area (Å²) in [5, 5.41) is 13.4. The lowest BCUT2D eigenvalue weighted by molar-refractivity contribution is -0.384. The second-order valence-electron chi connectivity index (χ2n) is 6.19. The van der Waals surface area contributed by atoms with Crippen LogP contribution in [0.1, 0.15) is 12.8 Å². The third-order valence-corrected chi connectivity index (χ3v) is 8.23. The van der Waals surface area contributed by atoms with Crippen molar-refractivity contribution in [1.29, 1.82) is 0 Å². The van der Waals surface area contributed by atoms with E-state index in [2.05, 4.69) is 10.3 Å². The number of carbonyl (C=O) groups is 1. The molecule has 0 aliphatic carbocycles. The van der Waals surface area contributed by atoms with Crippen molar-refractivity contribution in [2.24, 2.45) is 0 Å². The smallest absolute Gasteiger partial charge is 0.269 e. The van der Waals surface area contributed by atoms with Crippen molar-refractivity contribution < 1.29 is 22.5 Å². The largest absolute Gasteiger partial charge is 0.302 e. The molecule has 0 fully saturated rings. The molecule has 1 amide bonds. The number of rotatable bonds is 9. The molecule has 0 aliphatic heterocycles. The maximum atomic E-state index is 12.9. The van der Waals surface area contributed by atoms with Gasteiger partial charge in [0.25, 0.3) is 5.69 Å². The zero-order chi connectivity index (χ0) is 22.4. The molecular formula is C19H16FN3O5S3. The van der Waals surface area contributed by atoms with Crippen molar-refractivity contribution in [3.05, 3.63) is 70.7 Å². The Balaban J connectivity index is 1.53. The molecule has 3 aromatic rings. The average Bonchev–Trinajstić information content (AvgIpc) is 3.22. The standard InChI is InChI=1S/C19H16FN3O5S3/c20-13-3-7-15(8-4-13)29-11-1-2-17(24)22-19-21-12-18(30-19)31(27,28)16-9-5-14(6-10-16)23(25)26/h3-10,12H,1-2,11H2,(H,21,22,24). The van der Waals surface area contributed by atoms with Gasteiger partial charge < -0.3 is 5.32 Å². The fraction of sp³-hybridized carbons (Fsp3) is 0.158. The van der Waals surface area contributed by atoms with Crippen LogP contribution in [0.2, 0.25) is 0 Å². The second-order valence-corrected chi connectivity index (χ2v) is 10.6. The number of nitro groups is 1. The highest BCUT2D eigenvalue weighted by Gasteiger charge is 2.22. The molecule has 3 rings (SSSR count). The lowest BCUT2D eigenvalue weighted by Crippen LogP contribution is -2.11. The first-order chi connectivity index (χ1) is 14.8. The number of benzene rings is 2. The van der Waals surface area contributed by atoms with E-state index in [1.165, 1.54) is 23.9 Å². The molecule has 0 bridgehead atoms. The van der Waals surface area contributed by atoms with E-state index in [0.29, 0.717) is 12.2 Å². The van der Waals surface area contributed by atoms with Crippen LogP contribution in [0.25, 0.3) is 0 Å². The topological polar surface area (TPSA) is 119 Å². The first kappa shape index (κ1) is 22.8. The molecule has 0 saturated carbocycles. The summed E-state index contributed by atoms with van der Waals surface area (Å²) in [6.45, 7) is 0. The van der Waals surface area contributed by atoms with Crippen molar-refractivity contribution in [1.82, 2.24) is 4.98 Å². The molecule has 162 valence electrons. The van der Waals surface area contributed by atoms with Crippen molar-refractivity contribution in [3.8, 4) is 0 Å². The van der Waals surface area contributed by atoms with E-state index in [0.717, 1.165) is 46.7 Å². The van der Waals surface area contributed by atoms with Gasteiger partial charge in [0.1, 0.15) is 10.0 Å². The highest BCUT2D eigenvalue weighted by Crippen LogP contribution is 2.29. The van der Waals surface area contributed by atoms with E-state index in [-0.39, 0.29) is 38.1 Å². The lowest BCUT2D eigenvalue weighted by atomic mass is 10.3. The van der Waals surface area contributed by atoms with Crippen molar-refractivity contribution in [2.45, 2.75) is 26.8 Å². The molecule has 2 aromatic carbocycles. The van der Waals surface area contributed by atoms with Crippen molar-refractivity contribution in [2.75, 3.05) is 11.1 Å². The maximum absolute atomic E-state index is 12.9. The highest BCUT2D eigenvalue weighted by molar-refractivity contribution is 7.99. The van der Waals surface area contributed by atoms with Crippen molar-refractivity contribution >= 4 is 49.7 Å². The van der Waals surface area contributed by atoms with Crippen LogP contribution in [0.4, 0.5) is 15.2 Å². The minimum Gasteiger partial charge on any atom is -0.302 e. The molecule has 0 radical (unpaired) electrons. The molecule has 0 unspecified atom stereocenters. The van der Waals surface area contributed by atoms with Gasteiger partial charge in [0, 0.05) is 23.4 Å². The van der Waals surface area contributed by atoms with Crippen LogP contribution >= 0.6 is 23.1 Å². The number of hydrogen-bond acceptors (Lipinski definition) is 8. The molecule has 0 atom stereocenters. The van der Waals surface area contributed by atoms with E-state index in [4.69, 9.17) is 0 Å². The molecule has 0 spiro atoms. The van der Waals surface area contributed by atoms with Crippen LogP contribution in [0.3, 0.4) is 0 Å². The molecule has 0 aliphatic rings. The van der Waals surface area contributed by atoms with Gasteiger partial charge in [0.2, 0.25) is 15.7 Å². The number of non-ortho nitro benzene ring substituents is 1. The van der Waals surface area contributed by atoms with Gasteiger partial charge in [-0.05, 0) is 48.6 Å². The number of nitrogens with zero attached hydrogens (tertiary/aromatic N) is 2. The number of sulfone groups is 1. The number of halogens is 1. The fourth-order valence-electron chi connectivity index (χ4n) is 2.44. The number of thiazole rings is 1. The normalized spacial score (nSPS) is 11.3. The predicted molar refractivity (Wildman–Crippen MR) is 116 cm³/mol. The number of thioether (sulfide) groups is 1. The summed E-state index contributed by atoms with van der Waals surface area (Å²) in [5.41, 5.74) is -0.214. The number of nitrogens with one attached hydrogen (secondary N) is 1. The first-order valence-electron chi connectivity index (χ1n) is 8.89. The summed E-state index contributed by atoms with van der Waals surface area (Å²) in [6.07, 6.45) is 1.94. The van der Waals surface area contributed by atoms with Gasteiger partial charge in [0.15, 0.2) is 5.13 Å². The molecule has 0 saturated heterocycles. The predicted octanol–water partition coefficient (Wildman–Crippen LogP) is 4.53. The molecule has 12 heteroatoms. The quantitative estimate of drug-likeness (QED) is 0.206. The SMILES string of the molecule is O=C(CCCSc1ccc(F)cc1)Nc1ncc(S(=O)(=O)c2ccc([N+](=O)[O-])cc2)s1. The van der Waals surface area contributed by atoms with Crippen LogP contribution in [-0.4, -0.2) is 30.0 Å². The lowest BCUT2D eigenvalue weighted by Gasteiger charge is -2.03. The fourth-order valence-corrected chi connectivity index (χ4v) is 5.74. The van der Waals surface area contributed by atoms with E-state index >= 15 is 0 Å². The number of aromatic nitrogens is 1. The highest BCUT2D eigenvalue weighted by atomic mass is 32.2. The van der Waals surface area contributed by atoms with Crippen LogP contribution in [0, 0.1) is 15.9 Å². The number of nitro benzene ring substituents is 1. The number of anilines is 1. The minimum atomic E-state index is -3.90. The third-order valence-electron chi connectivity index (χ3n) is 3.98. The van der Waals surface area contributed by atoms with E-state index in [9.17, 15) is 27.7 Å². The first-order valence-corrected chi connectivity index (χ1v) is 12.2. The summed E-state index contributed by atoms with van der Waals surface area (Å²) in [5.74, 6) is 0.0620. The monoisotopic (exact) mass is 481 g/mol. The summed E-state index contributed by atoms with van der Waals surface area (Å²) in [7, 11) is -3.90. The average molecular weight is 482 g/mol. The number of hydrogen-bond donors (Lipinski definition) is 1. The Hall–Kier alpha value is -2.83. The van der Waals surface area contributed by atoms with Gasteiger partial charge in [-0.3, -0.25) is 14.9 Å². The van der Waals surface area contributed by atoms with Gasteiger partial charge in [-0.1, -0.05) is 11.3 Å². The zero-order valence-electron chi connectivity index (χ0n) is 15.9. The van der Waals surface area contributed by atoms with Crippen LogP contribution in [0.15, 0.2) is 68.7 Å². The molecule has 1 aromatic heterocycles. The summed E-state index contributed by atoms with van der Waals surface area (Å²) >= 11 is 2.31. The molecule has 8 nitrogen and oxygen atoms in total. The van der Waals surface area contributed by atoms with Gasteiger partial charge in [-0.2, -0.15) is 0 Å². The Bertz CT molecular complexity index is 1180. The van der Waals surface area contributed by atoms with Gasteiger partial charge in [0.05, 0.1) is 16.0 Å². The Morgan fingerprint density at radius 3 is 2.48 bits per heavy atom. The Morgan fingerprint density at radius 2 is 1.84 bits per heavy atom. The number of carbonyl (C=O) groups excluding carboxylic acids is 1. The van der Waals surface area contributed by atoms with E-state index in [1.54, 1.807) is 12.1 Å². The minimum absolute atomic E-state index is 0.0801. The summed E-state index contributed by atoms with van der Waals surface area (Å²) < 4.78 is 38.1. The molecule has 31 heavy (non-hydrogen) atoms. The Kier molecular flexibility index (Phi) is 7.36. The van der Waals surface area contributed by atoms with E-state index in [1.807, 2.05) is 0 Å². The second kappa shape index (κ2) is 9.98. The van der Waals surface area contributed by atoms with E-state index < -0.39 is 14.8 Å². The Morgan fingerprint density at radius 1 is 1.16 bits per heavy atom. The van der Waals surface area contributed by atoms with Crippen LogP contribution in [0.5, 0.6) is 0 Å². The van der Waals surface area contributed by atoms with Crippen LogP contribution < -0.4 is 5.32 Å². The third kappa shape index (κ3) is 6.09. The maximum Gasteiger partial charge on any atom is 0.269 e.